The van der Waals surface area contributed by atoms with Crippen LogP contribution in [0.25, 0.3) is 0 Å². The number of anilines is 1. The first-order valence-corrected chi connectivity index (χ1v) is 6.95. The normalized spacial score (nSPS) is 12.2. The first-order valence-electron chi connectivity index (χ1n) is 6.95. The van der Waals surface area contributed by atoms with Crippen molar-refractivity contribution in [2.24, 2.45) is 0 Å². The van der Waals surface area contributed by atoms with E-state index < -0.39 is 6.10 Å². The molecule has 0 fully saturated rings. The van der Waals surface area contributed by atoms with Crippen molar-refractivity contribution in [1.82, 2.24) is 5.32 Å². The SMILES string of the molecule is CCC(=O)Nc1ccc(C(O)CNCCCOC)cc1. The van der Waals surface area contributed by atoms with Crippen LogP contribution in [0.2, 0.25) is 0 Å². The van der Waals surface area contributed by atoms with Crippen LogP contribution in [0, 0.1) is 0 Å². The van der Waals surface area contributed by atoms with Crippen LogP contribution in [0.4, 0.5) is 5.69 Å². The number of amides is 1. The molecule has 0 heterocycles. The number of methoxy groups -OCH3 is 1. The Kier molecular flexibility index (Phi) is 7.87. The first kappa shape index (κ1) is 16.6. The van der Waals surface area contributed by atoms with Gasteiger partial charge in [-0.1, -0.05) is 19.1 Å². The molecule has 1 rings (SSSR count). The lowest BCUT2D eigenvalue weighted by atomic mass is 10.1. The van der Waals surface area contributed by atoms with Gasteiger partial charge in [-0.05, 0) is 30.7 Å². The van der Waals surface area contributed by atoms with Crippen LogP contribution in [-0.2, 0) is 9.53 Å². The van der Waals surface area contributed by atoms with Gasteiger partial charge in [-0.3, -0.25) is 4.79 Å². The molecule has 5 heteroatoms. The number of aliphatic hydroxyl groups excluding tert-OH is 1. The zero-order chi connectivity index (χ0) is 14.8. The molecule has 0 aliphatic carbocycles. The summed E-state index contributed by atoms with van der Waals surface area (Å²) in [6.07, 6.45) is 0.828. The Hall–Kier alpha value is -1.43. The second-order valence-electron chi connectivity index (χ2n) is 4.59. The van der Waals surface area contributed by atoms with E-state index in [4.69, 9.17) is 4.74 Å². The van der Waals surface area contributed by atoms with E-state index in [2.05, 4.69) is 10.6 Å². The van der Waals surface area contributed by atoms with Gasteiger partial charge in [0.2, 0.25) is 5.91 Å². The van der Waals surface area contributed by atoms with Gasteiger partial charge in [0.1, 0.15) is 0 Å². The van der Waals surface area contributed by atoms with Crippen LogP contribution in [-0.4, -0.2) is 37.8 Å². The van der Waals surface area contributed by atoms with E-state index >= 15 is 0 Å². The van der Waals surface area contributed by atoms with Crippen molar-refractivity contribution in [1.29, 1.82) is 0 Å². The topological polar surface area (TPSA) is 70.6 Å². The number of aliphatic hydroxyl groups is 1. The molecule has 0 bridgehead atoms. The molecule has 0 saturated carbocycles. The number of nitrogens with one attached hydrogen (secondary N) is 2. The van der Waals surface area contributed by atoms with Gasteiger partial charge >= 0.3 is 0 Å². The van der Waals surface area contributed by atoms with Crippen molar-refractivity contribution in [3.63, 3.8) is 0 Å². The third kappa shape index (κ3) is 6.14. The summed E-state index contributed by atoms with van der Waals surface area (Å²) in [7, 11) is 1.67. The molecule has 112 valence electrons. The van der Waals surface area contributed by atoms with Crippen molar-refractivity contribution < 1.29 is 14.6 Å². The Morgan fingerprint density at radius 3 is 2.65 bits per heavy atom. The molecule has 0 aromatic heterocycles. The molecule has 1 amide bonds. The molecule has 1 aromatic carbocycles. The van der Waals surface area contributed by atoms with Gasteiger partial charge in [0.25, 0.3) is 0 Å². The van der Waals surface area contributed by atoms with E-state index in [1.807, 2.05) is 19.1 Å². The molecule has 0 saturated heterocycles. The Labute approximate surface area is 120 Å². The van der Waals surface area contributed by atoms with Crippen molar-refractivity contribution in [3.8, 4) is 0 Å². The molecule has 0 aliphatic rings. The fourth-order valence-corrected chi connectivity index (χ4v) is 1.74. The maximum atomic E-state index is 11.2. The van der Waals surface area contributed by atoms with Gasteiger partial charge < -0.3 is 20.5 Å². The van der Waals surface area contributed by atoms with Crippen LogP contribution >= 0.6 is 0 Å². The average molecular weight is 280 g/mol. The lowest BCUT2D eigenvalue weighted by Gasteiger charge is -2.13. The highest BCUT2D eigenvalue weighted by molar-refractivity contribution is 5.90. The van der Waals surface area contributed by atoms with Crippen LogP contribution in [0.1, 0.15) is 31.4 Å². The standard InChI is InChI=1S/C15H24N2O3/c1-3-15(19)17-13-7-5-12(6-8-13)14(18)11-16-9-4-10-20-2/h5-8,14,16,18H,3-4,9-11H2,1-2H3,(H,17,19). The monoisotopic (exact) mass is 280 g/mol. The van der Waals surface area contributed by atoms with E-state index in [1.165, 1.54) is 0 Å². The minimum absolute atomic E-state index is 0.0156. The van der Waals surface area contributed by atoms with E-state index in [0.29, 0.717) is 13.0 Å². The van der Waals surface area contributed by atoms with Crippen LogP contribution in [0.5, 0.6) is 0 Å². The lowest BCUT2D eigenvalue weighted by Crippen LogP contribution is -2.23. The summed E-state index contributed by atoms with van der Waals surface area (Å²) in [5.74, 6) is -0.0156. The van der Waals surface area contributed by atoms with Gasteiger partial charge in [-0.2, -0.15) is 0 Å². The molecule has 0 spiro atoms. The van der Waals surface area contributed by atoms with Gasteiger partial charge in [-0.25, -0.2) is 0 Å². The zero-order valence-corrected chi connectivity index (χ0v) is 12.2. The quantitative estimate of drug-likeness (QED) is 0.602. The predicted molar refractivity (Wildman–Crippen MR) is 79.7 cm³/mol. The summed E-state index contributed by atoms with van der Waals surface area (Å²) in [5, 5.41) is 16.0. The van der Waals surface area contributed by atoms with E-state index in [-0.39, 0.29) is 5.91 Å². The Morgan fingerprint density at radius 1 is 1.35 bits per heavy atom. The fraction of sp³-hybridized carbons (Fsp3) is 0.533. The van der Waals surface area contributed by atoms with Gasteiger partial charge in [0, 0.05) is 32.4 Å². The molecule has 1 atom stereocenters. The molecule has 0 aliphatic heterocycles. The summed E-state index contributed by atoms with van der Waals surface area (Å²) in [6.45, 7) is 3.84. The highest BCUT2D eigenvalue weighted by Crippen LogP contribution is 2.16. The largest absolute Gasteiger partial charge is 0.387 e. The maximum Gasteiger partial charge on any atom is 0.224 e. The van der Waals surface area contributed by atoms with E-state index in [1.54, 1.807) is 19.2 Å². The maximum absolute atomic E-state index is 11.2. The number of ether oxygens (including phenoxy) is 1. The third-order valence-corrected chi connectivity index (χ3v) is 2.94. The Balaban J connectivity index is 2.37. The smallest absolute Gasteiger partial charge is 0.224 e. The highest BCUT2D eigenvalue weighted by atomic mass is 16.5. The number of rotatable bonds is 9. The van der Waals surface area contributed by atoms with Crippen molar-refractivity contribution >= 4 is 11.6 Å². The van der Waals surface area contributed by atoms with Crippen molar-refractivity contribution in [2.75, 3.05) is 32.1 Å². The molecule has 0 radical (unpaired) electrons. The molecule has 5 nitrogen and oxygen atoms in total. The summed E-state index contributed by atoms with van der Waals surface area (Å²) in [5.41, 5.74) is 1.58. The molecule has 1 unspecified atom stereocenters. The number of hydrogen-bond acceptors (Lipinski definition) is 4. The Bertz CT molecular complexity index is 393. The molecule has 20 heavy (non-hydrogen) atoms. The zero-order valence-electron chi connectivity index (χ0n) is 12.2. The molecule has 3 N–H and O–H groups in total. The fourth-order valence-electron chi connectivity index (χ4n) is 1.74. The van der Waals surface area contributed by atoms with Gasteiger partial charge in [-0.15, -0.1) is 0 Å². The number of benzene rings is 1. The third-order valence-electron chi connectivity index (χ3n) is 2.94. The van der Waals surface area contributed by atoms with Crippen LogP contribution < -0.4 is 10.6 Å². The summed E-state index contributed by atoms with van der Waals surface area (Å²) >= 11 is 0. The van der Waals surface area contributed by atoms with Gasteiger partial charge in [0.15, 0.2) is 0 Å². The van der Waals surface area contributed by atoms with Crippen LogP contribution in [0.15, 0.2) is 24.3 Å². The van der Waals surface area contributed by atoms with Crippen molar-refractivity contribution in [3.05, 3.63) is 29.8 Å². The van der Waals surface area contributed by atoms with E-state index in [9.17, 15) is 9.90 Å². The van der Waals surface area contributed by atoms with Gasteiger partial charge in [0.05, 0.1) is 6.10 Å². The number of hydrogen-bond donors (Lipinski definition) is 3. The summed E-state index contributed by atoms with van der Waals surface area (Å²) in [4.78, 5) is 11.2. The minimum Gasteiger partial charge on any atom is -0.387 e. The summed E-state index contributed by atoms with van der Waals surface area (Å²) < 4.78 is 4.95. The molecular formula is C15H24N2O3. The minimum atomic E-state index is -0.548. The first-order chi connectivity index (χ1) is 9.67. The van der Waals surface area contributed by atoms with Crippen molar-refractivity contribution in [2.45, 2.75) is 25.9 Å². The number of carbonyl (C=O) groups excluding carboxylic acids is 1. The van der Waals surface area contributed by atoms with Crippen LogP contribution in [0.3, 0.4) is 0 Å². The predicted octanol–water partition coefficient (Wildman–Crippen LogP) is 1.69. The highest BCUT2D eigenvalue weighted by Gasteiger charge is 2.07. The summed E-state index contributed by atoms with van der Waals surface area (Å²) in [6, 6.07) is 7.26. The Morgan fingerprint density at radius 2 is 2.05 bits per heavy atom. The molecule has 1 aromatic rings. The molecular weight excluding hydrogens is 256 g/mol. The second-order valence-corrected chi connectivity index (χ2v) is 4.59. The number of carbonyl (C=O) groups is 1. The van der Waals surface area contributed by atoms with E-state index in [0.717, 1.165) is 30.8 Å². The second kappa shape index (κ2) is 9.47. The lowest BCUT2D eigenvalue weighted by molar-refractivity contribution is -0.115. The average Bonchev–Trinajstić information content (AvgIpc) is 2.47.